The molecule has 8 heteroatoms. The number of hydrogen-bond acceptors (Lipinski definition) is 4. The summed E-state index contributed by atoms with van der Waals surface area (Å²) in [6.45, 7) is 1.82. The van der Waals surface area contributed by atoms with Crippen LogP contribution < -0.4 is 5.32 Å². The normalized spacial score (nSPS) is 11.1. The zero-order valence-electron chi connectivity index (χ0n) is 11.9. The number of fused-ring (bicyclic) bond motifs is 1. The summed E-state index contributed by atoms with van der Waals surface area (Å²) < 4.78 is 28.9. The molecule has 0 unspecified atom stereocenters. The van der Waals surface area contributed by atoms with Crippen LogP contribution in [0, 0.1) is 18.6 Å². The maximum atomic E-state index is 13.8. The third kappa shape index (κ3) is 2.59. The van der Waals surface area contributed by atoms with Gasteiger partial charge in [-0.05, 0) is 19.1 Å². The van der Waals surface area contributed by atoms with E-state index < -0.39 is 11.6 Å². The topological polar surface area (TPSA) is 55.6 Å². The molecule has 3 aromatic rings. The maximum absolute atomic E-state index is 13.8. The Hall–Kier alpha value is -2.28. The Balaban J connectivity index is 1.93. The standard InChI is InChI=1S/C14H12ClF2N5/c1-7-20-13(9-6-19-22(2)14(9)21-7)18-5-8-3-12(17)10(15)4-11(8)16/h3-4,6H,5H2,1-2H3,(H,18,20,21). The first-order valence-electron chi connectivity index (χ1n) is 6.49. The molecular formula is C14H12ClF2N5. The molecule has 3 rings (SSSR count). The van der Waals surface area contributed by atoms with Crippen molar-refractivity contribution in [2.45, 2.75) is 13.5 Å². The number of rotatable bonds is 3. The zero-order valence-corrected chi connectivity index (χ0v) is 12.6. The van der Waals surface area contributed by atoms with Gasteiger partial charge < -0.3 is 5.32 Å². The molecule has 22 heavy (non-hydrogen) atoms. The largest absolute Gasteiger partial charge is 0.365 e. The van der Waals surface area contributed by atoms with Crippen molar-refractivity contribution in [3.05, 3.63) is 46.4 Å². The summed E-state index contributed by atoms with van der Waals surface area (Å²) in [6.07, 6.45) is 1.62. The number of aryl methyl sites for hydroxylation is 2. The zero-order chi connectivity index (χ0) is 15.9. The van der Waals surface area contributed by atoms with Gasteiger partial charge >= 0.3 is 0 Å². The SMILES string of the molecule is Cc1nc(NCc2cc(F)c(Cl)cc2F)c2cnn(C)c2n1. The highest BCUT2D eigenvalue weighted by Gasteiger charge is 2.12. The molecule has 0 aliphatic rings. The summed E-state index contributed by atoms with van der Waals surface area (Å²) in [6, 6.07) is 2.03. The van der Waals surface area contributed by atoms with Crippen LogP contribution in [-0.4, -0.2) is 19.7 Å². The lowest BCUT2D eigenvalue weighted by Crippen LogP contribution is -2.06. The minimum absolute atomic E-state index is 0.0698. The van der Waals surface area contributed by atoms with Crippen molar-refractivity contribution in [3.8, 4) is 0 Å². The lowest BCUT2D eigenvalue weighted by Gasteiger charge is -2.09. The molecule has 0 amide bonds. The van der Waals surface area contributed by atoms with E-state index in [-0.39, 0.29) is 17.1 Å². The Morgan fingerprint density at radius 1 is 1.23 bits per heavy atom. The molecule has 1 aromatic carbocycles. The van der Waals surface area contributed by atoms with Crippen LogP contribution in [0.4, 0.5) is 14.6 Å². The van der Waals surface area contributed by atoms with E-state index in [1.54, 1.807) is 24.9 Å². The van der Waals surface area contributed by atoms with Gasteiger partial charge in [0.15, 0.2) is 5.65 Å². The van der Waals surface area contributed by atoms with Crippen molar-refractivity contribution < 1.29 is 8.78 Å². The van der Waals surface area contributed by atoms with Crippen LogP contribution in [0.3, 0.4) is 0 Å². The molecular weight excluding hydrogens is 312 g/mol. The molecule has 1 N–H and O–H groups in total. The van der Waals surface area contributed by atoms with Gasteiger partial charge in [0.25, 0.3) is 0 Å². The number of nitrogens with zero attached hydrogens (tertiary/aromatic N) is 4. The fourth-order valence-electron chi connectivity index (χ4n) is 2.14. The van der Waals surface area contributed by atoms with Gasteiger partial charge in [0.2, 0.25) is 0 Å². The van der Waals surface area contributed by atoms with E-state index in [4.69, 9.17) is 11.6 Å². The van der Waals surface area contributed by atoms with Crippen LogP contribution in [0.1, 0.15) is 11.4 Å². The molecule has 0 bridgehead atoms. The molecule has 0 spiro atoms. The van der Waals surface area contributed by atoms with Crippen molar-refractivity contribution in [1.82, 2.24) is 19.7 Å². The van der Waals surface area contributed by atoms with E-state index in [1.165, 1.54) is 0 Å². The summed E-state index contributed by atoms with van der Waals surface area (Å²) in [5.74, 6) is -0.163. The summed E-state index contributed by atoms with van der Waals surface area (Å²) in [7, 11) is 1.77. The second-order valence-electron chi connectivity index (χ2n) is 4.84. The lowest BCUT2D eigenvalue weighted by molar-refractivity contribution is 0.588. The highest BCUT2D eigenvalue weighted by Crippen LogP contribution is 2.22. The van der Waals surface area contributed by atoms with Crippen LogP contribution >= 0.6 is 11.6 Å². The van der Waals surface area contributed by atoms with Gasteiger partial charge in [-0.1, -0.05) is 11.6 Å². The third-order valence-corrected chi connectivity index (χ3v) is 3.53. The molecule has 5 nitrogen and oxygen atoms in total. The first-order chi connectivity index (χ1) is 10.5. The fraction of sp³-hybridized carbons (Fsp3) is 0.214. The van der Waals surface area contributed by atoms with Crippen LogP contribution in [0.5, 0.6) is 0 Å². The number of anilines is 1. The highest BCUT2D eigenvalue weighted by atomic mass is 35.5. The molecule has 0 radical (unpaired) electrons. The quantitative estimate of drug-likeness (QED) is 0.752. The molecule has 0 saturated heterocycles. The molecule has 0 aliphatic carbocycles. The van der Waals surface area contributed by atoms with E-state index in [0.717, 1.165) is 12.1 Å². The average molecular weight is 324 g/mol. The Kier molecular flexibility index (Phi) is 3.66. The van der Waals surface area contributed by atoms with Crippen molar-refractivity contribution in [2.24, 2.45) is 7.05 Å². The number of nitrogens with one attached hydrogen (secondary N) is 1. The van der Waals surface area contributed by atoms with Crippen molar-refractivity contribution in [3.63, 3.8) is 0 Å². The predicted octanol–water partition coefficient (Wildman–Crippen LogP) is 3.22. The van der Waals surface area contributed by atoms with Crippen molar-refractivity contribution >= 4 is 28.5 Å². The molecule has 2 heterocycles. The third-order valence-electron chi connectivity index (χ3n) is 3.24. The monoisotopic (exact) mass is 323 g/mol. The number of aromatic nitrogens is 4. The Morgan fingerprint density at radius 3 is 2.77 bits per heavy atom. The Morgan fingerprint density at radius 2 is 2.00 bits per heavy atom. The summed E-state index contributed by atoms with van der Waals surface area (Å²) in [5, 5.41) is 7.58. The minimum Gasteiger partial charge on any atom is -0.365 e. The van der Waals surface area contributed by atoms with E-state index >= 15 is 0 Å². The molecule has 2 aromatic heterocycles. The van der Waals surface area contributed by atoms with E-state index in [1.807, 2.05) is 0 Å². The van der Waals surface area contributed by atoms with E-state index in [2.05, 4.69) is 20.4 Å². The second-order valence-corrected chi connectivity index (χ2v) is 5.24. The number of hydrogen-bond donors (Lipinski definition) is 1. The number of halogens is 3. The van der Waals surface area contributed by atoms with Crippen LogP contribution in [0.2, 0.25) is 5.02 Å². The van der Waals surface area contributed by atoms with Gasteiger partial charge in [0.1, 0.15) is 23.3 Å². The van der Waals surface area contributed by atoms with Crippen LogP contribution in [0.15, 0.2) is 18.3 Å². The van der Waals surface area contributed by atoms with Gasteiger partial charge in [0, 0.05) is 19.2 Å². The fourth-order valence-corrected chi connectivity index (χ4v) is 2.29. The van der Waals surface area contributed by atoms with Gasteiger partial charge in [0.05, 0.1) is 16.6 Å². The average Bonchev–Trinajstić information content (AvgIpc) is 2.83. The lowest BCUT2D eigenvalue weighted by atomic mass is 10.2. The molecule has 0 aliphatic heterocycles. The summed E-state index contributed by atoms with van der Waals surface area (Å²) in [5.41, 5.74) is 0.827. The first-order valence-corrected chi connectivity index (χ1v) is 6.87. The van der Waals surface area contributed by atoms with E-state index in [0.29, 0.717) is 22.7 Å². The Labute approximate surface area is 129 Å². The van der Waals surface area contributed by atoms with E-state index in [9.17, 15) is 8.78 Å². The van der Waals surface area contributed by atoms with Crippen LogP contribution in [-0.2, 0) is 13.6 Å². The maximum Gasteiger partial charge on any atom is 0.163 e. The summed E-state index contributed by atoms with van der Waals surface area (Å²) >= 11 is 5.54. The Bertz CT molecular complexity index is 862. The van der Waals surface area contributed by atoms with Crippen LogP contribution in [0.25, 0.3) is 11.0 Å². The molecule has 0 atom stereocenters. The van der Waals surface area contributed by atoms with Gasteiger partial charge in [-0.15, -0.1) is 0 Å². The van der Waals surface area contributed by atoms with Gasteiger partial charge in [-0.2, -0.15) is 5.10 Å². The van der Waals surface area contributed by atoms with Gasteiger partial charge in [-0.25, -0.2) is 18.7 Å². The van der Waals surface area contributed by atoms with Gasteiger partial charge in [-0.3, -0.25) is 4.68 Å². The molecule has 114 valence electrons. The van der Waals surface area contributed by atoms with Crippen molar-refractivity contribution in [2.75, 3.05) is 5.32 Å². The second kappa shape index (κ2) is 5.49. The summed E-state index contributed by atoms with van der Waals surface area (Å²) in [4.78, 5) is 8.57. The number of benzene rings is 1. The van der Waals surface area contributed by atoms with Crippen molar-refractivity contribution in [1.29, 1.82) is 0 Å². The molecule has 0 fully saturated rings. The predicted molar refractivity (Wildman–Crippen MR) is 79.7 cm³/mol. The highest BCUT2D eigenvalue weighted by molar-refractivity contribution is 6.30. The smallest absolute Gasteiger partial charge is 0.163 e. The molecule has 0 saturated carbocycles. The minimum atomic E-state index is -0.662. The first kappa shape index (κ1) is 14.6.